The van der Waals surface area contributed by atoms with Crippen LogP contribution in [-0.2, 0) is 24.3 Å². The van der Waals surface area contributed by atoms with E-state index in [0.717, 1.165) is 4.31 Å². The van der Waals surface area contributed by atoms with Crippen LogP contribution in [0.2, 0.25) is 0 Å². The Morgan fingerprint density at radius 2 is 1.83 bits per heavy atom. The van der Waals surface area contributed by atoms with Crippen molar-refractivity contribution >= 4 is 22.0 Å². The van der Waals surface area contributed by atoms with Crippen LogP contribution in [0.5, 0.6) is 0 Å². The molecule has 18 heavy (non-hydrogen) atoms. The molecule has 1 N–H and O–H groups in total. The van der Waals surface area contributed by atoms with Crippen LogP contribution >= 0.6 is 0 Å². The first-order valence-electron chi connectivity index (χ1n) is 5.32. The Labute approximate surface area is 107 Å². The summed E-state index contributed by atoms with van der Waals surface area (Å²) in [4.78, 5) is 21.8. The predicted molar refractivity (Wildman–Crippen MR) is 64.5 cm³/mol. The van der Waals surface area contributed by atoms with Crippen molar-refractivity contribution in [2.45, 2.75) is 32.2 Å². The molecule has 0 saturated carbocycles. The van der Waals surface area contributed by atoms with Gasteiger partial charge in [-0.15, -0.1) is 0 Å². The van der Waals surface area contributed by atoms with E-state index >= 15 is 0 Å². The maximum absolute atomic E-state index is 11.9. The molecule has 0 bridgehead atoms. The van der Waals surface area contributed by atoms with E-state index in [1.807, 2.05) is 0 Å². The minimum Gasteiger partial charge on any atom is -0.480 e. The summed E-state index contributed by atoms with van der Waals surface area (Å²) >= 11 is 0. The van der Waals surface area contributed by atoms with Gasteiger partial charge in [0.1, 0.15) is 5.54 Å². The molecule has 0 aromatic heterocycles. The van der Waals surface area contributed by atoms with E-state index in [2.05, 4.69) is 4.74 Å². The number of sulfonamides is 1. The Morgan fingerprint density at radius 3 is 2.22 bits per heavy atom. The van der Waals surface area contributed by atoms with E-state index in [0.29, 0.717) is 0 Å². The van der Waals surface area contributed by atoms with Crippen molar-refractivity contribution in [3.63, 3.8) is 0 Å². The molecular formula is C10H19NO6S. The molecule has 0 aliphatic heterocycles. The number of methoxy groups -OCH3 is 1. The van der Waals surface area contributed by atoms with Gasteiger partial charge in [-0.2, -0.15) is 4.31 Å². The summed E-state index contributed by atoms with van der Waals surface area (Å²) < 4.78 is 28.9. The second-order valence-corrected chi connectivity index (χ2v) is 6.45. The van der Waals surface area contributed by atoms with E-state index in [1.54, 1.807) is 0 Å². The van der Waals surface area contributed by atoms with E-state index < -0.39 is 27.5 Å². The number of likely N-dealkylation sites (N-methyl/N-ethyl adjacent to an activating group) is 1. The van der Waals surface area contributed by atoms with Gasteiger partial charge >= 0.3 is 11.9 Å². The number of carboxylic acids is 1. The monoisotopic (exact) mass is 281 g/mol. The lowest BCUT2D eigenvalue weighted by Crippen LogP contribution is -2.51. The van der Waals surface area contributed by atoms with Crippen LogP contribution in [0.1, 0.15) is 26.7 Å². The highest BCUT2D eigenvalue weighted by Crippen LogP contribution is 2.18. The van der Waals surface area contributed by atoms with Gasteiger partial charge < -0.3 is 9.84 Å². The number of hydrogen-bond donors (Lipinski definition) is 1. The smallest absolute Gasteiger partial charge is 0.324 e. The standard InChI is InChI=1S/C10H19NO6S/c1-10(2,9(13)14)11(3)18(15,16)7-5-6-8(12)17-4/h5-7H2,1-4H3,(H,13,14). The number of aliphatic carboxylic acids is 1. The van der Waals surface area contributed by atoms with Crippen LogP contribution < -0.4 is 0 Å². The second-order valence-electron chi connectivity index (χ2n) is 4.33. The maximum Gasteiger partial charge on any atom is 0.324 e. The van der Waals surface area contributed by atoms with Crippen LogP contribution in [0.3, 0.4) is 0 Å². The summed E-state index contributed by atoms with van der Waals surface area (Å²) in [5, 5.41) is 8.95. The zero-order chi connectivity index (χ0) is 14.6. The molecule has 0 unspecified atom stereocenters. The van der Waals surface area contributed by atoms with Gasteiger partial charge in [0.05, 0.1) is 12.9 Å². The van der Waals surface area contributed by atoms with E-state index in [-0.39, 0.29) is 18.6 Å². The van der Waals surface area contributed by atoms with Crippen LogP contribution in [0.15, 0.2) is 0 Å². The highest BCUT2D eigenvalue weighted by molar-refractivity contribution is 7.89. The van der Waals surface area contributed by atoms with Gasteiger partial charge in [-0.1, -0.05) is 0 Å². The fourth-order valence-electron chi connectivity index (χ4n) is 1.12. The van der Waals surface area contributed by atoms with Crippen molar-refractivity contribution in [3.8, 4) is 0 Å². The highest BCUT2D eigenvalue weighted by Gasteiger charge is 2.38. The van der Waals surface area contributed by atoms with Crippen LogP contribution in [0, 0.1) is 0 Å². The number of hydrogen-bond acceptors (Lipinski definition) is 5. The van der Waals surface area contributed by atoms with E-state index in [1.165, 1.54) is 28.0 Å². The minimum atomic E-state index is -3.72. The van der Waals surface area contributed by atoms with Crippen LogP contribution in [0.25, 0.3) is 0 Å². The highest BCUT2D eigenvalue weighted by atomic mass is 32.2. The molecule has 0 fully saturated rings. The fourth-order valence-corrected chi connectivity index (χ4v) is 2.68. The normalized spacial score (nSPS) is 12.5. The lowest BCUT2D eigenvalue weighted by Gasteiger charge is -2.30. The molecule has 0 rings (SSSR count). The molecule has 0 spiro atoms. The zero-order valence-electron chi connectivity index (χ0n) is 11.0. The third-order valence-corrected chi connectivity index (χ3v) is 4.83. The van der Waals surface area contributed by atoms with Gasteiger partial charge in [0.25, 0.3) is 0 Å². The molecular weight excluding hydrogens is 262 g/mol. The van der Waals surface area contributed by atoms with Crippen molar-refractivity contribution in [1.82, 2.24) is 4.31 Å². The summed E-state index contributed by atoms with van der Waals surface area (Å²) in [5.41, 5.74) is -1.52. The zero-order valence-corrected chi connectivity index (χ0v) is 11.8. The largest absolute Gasteiger partial charge is 0.480 e. The van der Waals surface area contributed by atoms with E-state index in [9.17, 15) is 18.0 Å². The lowest BCUT2D eigenvalue weighted by molar-refractivity contribution is -0.146. The summed E-state index contributed by atoms with van der Waals surface area (Å²) in [7, 11) is -1.29. The van der Waals surface area contributed by atoms with Gasteiger partial charge in [-0.3, -0.25) is 9.59 Å². The van der Waals surface area contributed by atoms with Gasteiger partial charge in [0, 0.05) is 13.5 Å². The Hall–Kier alpha value is -1.15. The maximum atomic E-state index is 11.9. The third-order valence-electron chi connectivity index (χ3n) is 2.74. The third kappa shape index (κ3) is 4.26. The summed E-state index contributed by atoms with van der Waals surface area (Å²) in [6, 6.07) is 0. The Balaban J connectivity index is 4.65. The SMILES string of the molecule is COC(=O)CCCS(=O)(=O)N(C)C(C)(C)C(=O)O. The number of nitrogens with zero attached hydrogens (tertiary/aromatic N) is 1. The molecule has 0 aliphatic rings. The number of ether oxygens (including phenoxy) is 1. The number of rotatable bonds is 7. The summed E-state index contributed by atoms with van der Waals surface area (Å²) in [5.74, 6) is -2.03. The van der Waals surface area contributed by atoms with Crippen molar-refractivity contribution in [3.05, 3.63) is 0 Å². The number of carboxylic acid groups (broad SMARTS) is 1. The van der Waals surface area contributed by atoms with Gasteiger partial charge in [0.15, 0.2) is 0 Å². The van der Waals surface area contributed by atoms with Crippen LogP contribution in [-0.4, -0.2) is 55.2 Å². The number of carbonyl (C=O) groups excluding carboxylic acids is 1. The molecule has 0 atom stereocenters. The summed E-state index contributed by atoms with van der Waals surface area (Å²) in [6.07, 6.45) is 0.0755. The topological polar surface area (TPSA) is 101 Å². The fraction of sp³-hybridized carbons (Fsp3) is 0.800. The molecule has 0 amide bonds. The second kappa shape index (κ2) is 6.14. The first kappa shape index (κ1) is 16.9. The first-order valence-corrected chi connectivity index (χ1v) is 6.93. The summed E-state index contributed by atoms with van der Waals surface area (Å²) in [6.45, 7) is 2.60. The van der Waals surface area contributed by atoms with Crippen molar-refractivity contribution in [2.24, 2.45) is 0 Å². The first-order chi connectivity index (χ1) is 8.05. The van der Waals surface area contributed by atoms with Gasteiger partial charge in [-0.05, 0) is 20.3 Å². The molecule has 0 aromatic carbocycles. The Bertz CT molecular complexity index is 414. The average Bonchev–Trinajstić information content (AvgIpc) is 2.27. The molecule has 0 aromatic rings. The molecule has 0 radical (unpaired) electrons. The van der Waals surface area contributed by atoms with Crippen molar-refractivity contribution in [2.75, 3.05) is 19.9 Å². The molecule has 0 saturated heterocycles. The molecule has 8 heteroatoms. The predicted octanol–water partition coefficient (Wildman–Crippen LogP) is 0.0644. The number of esters is 1. The molecule has 0 aliphatic carbocycles. The van der Waals surface area contributed by atoms with Crippen LogP contribution in [0.4, 0.5) is 0 Å². The van der Waals surface area contributed by atoms with Crippen molar-refractivity contribution in [1.29, 1.82) is 0 Å². The number of carbonyl (C=O) groups is 2. The Morgan fingerprint density at radius 1 is 1.33 bits per heavy atom. The van der Waals surface area contributed by atoms with Gasteiger partial charge in [-0.25, -0.2) is 8.42 Å². The lowest BCUT2D eigenvalue weighted by atomic mass is 10.1. The minimum absolute atomic E-state index is 0.0168. The van der Waals surface area contributed by atoms with Crippen molar-refractivity contribution < 1.29 is 27.9 Å². The quantitative estimate of drug-likeness (QED) is 0.662. The Kier molecular flexibility index (Phi) is 5.75. The van der Waals surface area contributed by atoms with Gasteiger partial charge in [0.2, 0.25) is 10.0 Å². The molecule has 7 nitrogen and oxygen atoms in total. The molecule has 106 valence electrons. The van der Waals surface area contributed by atoms with E-state index in [4.69, 9.17) is 5.11 Å². The average molecular weight is 281 g/mol. The molecule has 0 heterocycles.